The van der Waals surface area contributed by atoms with Gasteiger partial charge in [-0.15, -0.1) is 6.42 Å². The fourth-order valence-electron chi connectivity index (χ4n) is 1.45. The van der Waals surface area contributed by atoms with Gasteiger partial charge in [-0.25, -0.2) is 9.59 Å². The number of alkyl carbamates (subject to hydrolysis) is 1. The number of hydrogen-bond donors (Lipinski definition) is 1. The van der Waals surface area contributed by atoms with Crippen LogP contribution in [0.25, 0.3) is 0 Å². The van der Waals surface area contributed by atoms with Gasteiger partial charge in [-0.3, -0.25) is 4.90 Å². The molecule has 22 heavy (non-hydrogen) atoms. The Labute approximate surface area is 133 Å². The van der Waals surface area contributed by atoms with Gasteiger partial charge >= 0.3 is 12.2 Å². The molecule has 0 fully saturated rings. The molecule has 0 aromatic rings. The van der Waals surface area contributed by atoms with E-state index in [1.165, 1.54) is 4.90 Å². The second-order valence-corrected chi connectivity index (χ2v) is 6.89. The van der Waals surface area contributed by atoms with Crippen molar-refractivity contribution in [2.75, 3.05) is 19.6 Å². The number of nitrogens with zero attached hydrogens (tertiary/aromatic N) is 1. The summed E-state index contributed by atoms with van der Waals surface area (Å²) in [7, 11) is 0. The summed E-state index contributed by atoms with van der Waals surface area (Å²) in [5, 5.41) is 2.63. The quantitative estimate of drug-likeness (QED) is 0.626. The number of carbonyl (C=O) groups is 2. The first-order valence-electron chi connectivity index (χ1n) is 7.33. The molecular weight excluding hydrogens is 284 g/mol. The zero-order valence-electron chi connectivity index (χ0n) is 14.5. The molecule has 0 radical (unpaired) electrons. The van der Waals surface area contributed by atoms with E-state index in [0.717, 1.165) is 0 Å². The van der Waals surface area contributed by atoms with Crippen molar-refractivity contribution in [2.24, 2.45) is 0 Å². The van der Waals surface area contributed by atoms with Crippen molar-refractivity contribution in [3.05, 3.63) is 0 Å². The maximum absolute atomic E-state index is 12.0. The summed E-state index contributed by atoms with van der Waals surface area (Å²) in [5.41, 5.74) is -1.10. The van der Waals surface area contributed by atoms with Crippen molar-refractivity contribution < 1.29 is 19.1 Å². The summed E-state index contributed by atoms with van der Waals surface area (Å²) >= 11 is 0. The van der Waals surface area contributed by atoms with Crippen LogP contribution in [0.15, 0.2) is 0 Å². The van der Waals surface area contributed by atoms with Crippen LogP contribution in [0, 0.1) is 12.3 Å². The smallest absolute Gasteiger partial charge is 0.411 e. The van der Waals surface area contributed by atoms with Crippen LogP contribution in [0.3, 0.4) is 0 Å². The highest BCUT2D eigenvalue weighted by atomic mass is 16.6. The molecule has 0 bridgehead atoms. The van der Waals surface area contributed by atoms with Crippen molar-refractivity contribution in [3.8, 4) is 12.3 Å². The van der Waals surface area contributed by atoms with E-state index >= 15 is 0 Å². The molecule has 6 nitrogen and oxygen atoms in total. The van der Waals surface area contributed by atoms with Crippen molar-refractivity contribution in [3.63, 3.8) is 0 Å². The first kappa shape index (κ1) is 20.1. The standard InChI is InChI=1S/C16H28N2O4/c1-8-11-18(14(20)22-16(5,6)7)12-9-10-17-13(19)21-15(2,3)4/h1H,9-12H2,2-7H3,(H,17,19). The van der Waals surface area contributed by atoms with Crippen LogP contribution in [0.4, 0.5) is 9.59 Å². The van der Waals surface area contributed by atoms with Gasteiger partial charge in [0.1, 0.15) is 11.2 Å². The van der Waals surface area contributed by atoms with Crippen LogP contribution in [-0.2, 0) is 9.47 Å². The molecule has 0 heterocycles. The maximum Gasteiger partial charge on any atom is 0.411 e. The van der Waals surface area contributed by atoms with Gasteiger partial charge < -0.3 is 14.8 Å². The Balaban J connectivity index is 4.19. The molecule has 1 N–H and O–H groups in total. The van der Waals surface area contributed by atoms with Gasteiger partial charge in [0.15, 0.2) is 0 Å². The minimum Gasteiger partial charge on any atom is -0.444 e. The number of carbonyl (C=O) groups excluding carboxylic acids is 2. The predicted molar refractivity (Wildman–Crippen MR) is 85.5 cm³/mol. The fraction of sp³-hybridized carbons (Fsp3) is 0.750. The molecule has 0 unspecified atom stereocenters. The van der Waals surface area contributed by atoms with Crippen LogP contribution in [0.1, 0.15) is 48.0 Å². The molecule has 0 aromatic carbocycles. The SMILES string of the molecule is C#CCN(CCCNC(=O)OC(C)(C)C)C(=O)OC(C)(C)C. The van der Waals surface area contributed by atoms with Crippen LogP contribution < -0.4 is 5.32 Å². The van der Waals surface area contributed by atoms with Crippen molar-refractivity contribution in [1.82, 2.24) is 10.2 Å². The second-order valence-electron chi connectivity index (χ2n) is 6.89. The fourth-order valence-corrected chi connectivity index (χ4v) is 1.45. The van der Waals surface area contributed by atoms with E-state index in [-0.39, 0.29) is 6.54 Å². The predicted octanol–water partition coefficient (Wildman–Crippen LogP) is 2.77. The zero-order valence-corrected chi connectivity index (χ0v) is 14.5. The molecule has 0 atom stereocenters. The van der Waals surface area contributed by atoms with E-state index in [1.807, 2.05) is 0 Å². The molecule has 0 rings (SSSR count). The van der Waals surface area contributed by atoms with Gasteiger partial charge in [0.05, 0.1) is 6.54 Å². The van der Waals surface area contributed by atoms with Gasteiger partial charge in [-0.2, -0.15) is 0 Å². The molecule has 2 amide bonds. The average Bonchev–Trinajstić information content (AvgIpc) is 2.28. The van der Waals surface area contributed by atoms with Gasteiger partial charge in [-0.05, 0) is 48.0 Å². The summed E-state index contributed by atoms with van der Waals surface area (Å²) in [4.78, 5) is 24.9. The summed E-state index contributed by atoms with van der Waals surface area (Å²) < 4.78 is 10.4. The summed E-state index contributed by atoms with van der Waals surface area (Å²) in [6.07, 6.45) is 4.89. The van der Waals surface area contributed by atoms with E-state index in [2.05, 4.69) is 11.2 Å². The Morgan fingerprint density at radius 2 is 1.64 bits per heavy atom. The van der Waals surface area contributed by atoms with Crippen molar-refractivity contribution >= 4 is 12.2 Å². The van der Waals surface area contributed by atoms with Crippen LogP contribution >= 0.6 is 0 Å². The lowest BCUT2D eigenvalue weighted by molar-refractivity contribution is 0.0273. The number of terminal acetylenes is 1. The van der Waals surface area contributed by atoms with E-state index in [9.17, 15) is 9.59 Å². The number of nitrogens with one attached hydrogen (secondary N) is 1. The monoisotopic (exact) mass is 312 g/mol. The normalized spacial score (nSPS) is 11.3. The average molecular weight is 312 g/mol. The molecular formula is C16H28N2O4. The lowest BCUT2D eigenvalue weighted by Gasteiger charge is -2.26. The Morgan fingerprint density at radius 1 is 1.09 bits per heavy atom. The van der Waals surface area contributed by atoms with Gasteiger partial charge in [0.2, 0.25) is 0 Å². The van der Waals surface area contributed by atoms with E-state index < -0.39 is 23.4 Å². The molecule has 6 heteroatoms. The first-order chi connectivity index (χ1) is 9.94. The van der Waals surface area contributed by atoms with Gasteiger partial charge in [-0.1, -0.05) is 5.92 Å². The van der Waals surface area contributed by atoms with E-state index in [0.29, 0.717) is 19.5 Å². The van der Waals surface area contributed by atoms with E-state index in [1.54, 1.807) is 41.5 Å². The molecule has 0 saturated heterocycles. The molecule has 0 aliphatic rings. The highest BCUT2D eigenvalue weighted by molar-refractivity contribution is 5.68. The second kappa shape index (κ2) is 8.52. The Morgan fingerprint density at radius 3 is 2.09 bits per heavy atom. The number of rotatable bonds is 5. The zero-order chi connectivity index (χ0) is 17.4. The van der Waals surface area contributed by atoms with Crippen LogP contribution in [0.2, 0.25) is 0 Å². The lowest BCUT2D eigenvalue weighted by atomic mass is 10.2. The Kier molecular flexibility index (Phi) is 7.78. The topological polar surface area (TPSA) is 67.9 Å². The largest absolute Gasteiger partial charge is 0.444 e. The minimum atomic E-state index is -0.571. The third-order valence-electron chi connectivity index (χ3n) is 2.21. The third-order valence-corrected chi connectivity index (χ3v) is 2.21. The highest BCUT2D eigenvalue weighted by Gasteiger charge is 2.21. The number of amides is 2. The summed E-state index contributed by atoms with van der Waals surface area (Å²) in [6.45, 7) is 11.7. The van der Waals surface area contributed by atoms with Crippen LogP contribution in [-0.4, -0.2) is 47.9 Å². The minimum absolute atomic E-state index is 0.168. The molecule has 0 aromatic heterocycles. The molecule has 0 aliphatic heterocycles. The lowest BCUT2D eigenvalue weighted by Crippen LogP contribution is -2.39. The molecule has 0 spiro atoms. The molecule has 0 saturated carbocycles. The van der Waals surface area contributed by atoms with Gasteiger partial charge in [0.25, 0.3) is 0 Å². The highest BCUT2D eigenvalue weighted by Crippen LogP contribution is 2.10. The van der Waals surface area contributed by atoms with Crippen LogP contribution in [0.5, 0.6) is 0 Å². The number of hydrogen-bond acceptors (Lipinski definition) is 4. The van der Waals surface area contributed by atoms with E-state index in [4.69, 9.17) is 15.9 Å². The Hall–Kier alpha value is -1.90. The van der Waals surface area contributed by atoms with Gasteiger partial charge in [0, 0.05) is 13.1 Å². The summed E-state index contributed by atoms with van der Waals surface area (Å²) in [5.74, 6) is 2.43. The van der Waals surface area contributed by atoms with Crippen molar-refractivity contribution in [1.29, 1.82) is 0 Å². The Bertz CT molecular complexity index is 413. The third kappa shape index (κ3) is 10.8. The number of ether oxygens (including phenoxy) is 2. The molecule has 0 aliphatic carbocycles. The molecule has 126 valence electrons. The maximum atomic E-state index is 12.0. The van der Waals surface area contributed by atoms with Crippen molar-refractivity contribution in [2.45, 2.75) is 59.2 Å². The summed E-state index contributed by atoms with van der Waals surface area (Å²) in [6, 6.07) is 0. The first-order valence-corrected chi connectivity index (χ1v) is 7.33.